The molecule has 1 heterocycles. The van der Waals surface area contributed by atoms with E-state index in [0.29, 0.717) is 11.6 Å². The average molecular weight is 261 g/mol. The number of primary amides is 1. The average Bonchev–Trinajstić information content (AvgIpc) is 2.39. The first-order chi connectivity index (χ1) is 9.08. The number of aryl methyl sites for hydroxylation is 1. The van der Waals surface area contributed by atoms with Crippen LogP contribution in [0.25, 0.3) is 0 Å². The highest BCUT2D eigenvalue weighted by atomic mass is 16.1. The zero-order valence-corrected chi connectivity index (χ0v) is 11.8. The molecule has 2 rings (SSSR count). The fourth-order valence-corrected chi connectivity index (χ4v) is 2.68. The van der Waals surface area contributed by atoms with Crippen LogP contribution in [0, 0.1) is 6.92 Å². The lowest BCUT2D eigenvalue weighted by molar-refractivity contribution is 0.0999. The Morgan fingerprint density at radius 3 is 2.84 bits per heavy atom. The number of nitrogens with zero attached hydrogens (tertiary/aromatic N) is 1. The van der Waals surface area contributed by atoms with Gasteiger partial charge in [-0.3, -0.25) is 4.79 Å². The Labute approximate surface area is 115 Å². The quantitative estimate of drug-likeness (QED) is 0.867. The van der Waals surface area contributed by atoms with Gasteiger partial charge in [0.05, 0.1) is 0 Å². The van der Waals surface area contributed by atoms with Crippen molar-refractivity contribution in [3.8, 4) is 0 Å². The second-order valence-corrected chi connectivity index (χ2v) is 5.39. The molecule has 0 radical (unpaired) electrons. The molecule has 0 spiro atoms. The van der Waals surface area contributed by atoms with Crippen LogP contribution in [0.1, 0.15) is 35.2 Å². The van der Waals surface area contributed by atoms with Crippen LogP contribution < -0.4 is 16.0 Å². The normalized spacial score (nSPS) is 19.2. The van der Waals surface area contributed by atoms with E-state index in [9.17, 15) is 4.79 Å². The van der Waals surface area contributed by atoms with Crippen LogP contribution in [0.15, 0.2) is 18.2 Å². The molecule has 1 fully saturated rings. The maximum Gasteiger partial charge on any atom is 0.248 e. The lowest BCUT2D eigenvalue weighted by atomic mass is 10.0. The maximum atomic E-state index is 11.2. The summed E-state index contributed by atoms with van der Waals surface area (Å²) in [6, 6.07) is 6.38. The number of likely N-dealkylation sites (N-methyl/N-ethyl adjacent to an activating group) is 1. The molecule has 4 nitrogen and oxygen atoms in total. The summed E-state index contributed by atoms with van der Waals surface area (Å²) < 4.78 is 0. The van der Waals surface area contributed by atoms with Crippen LogP contribution in [0.5, 0.6) is 0 Å². The molecule has 1 amide bonds. The van der Waals surface area contributed by atoms with Crippen molar-refractivity contribution < 1.29 is 4.79 Å². The van der Waals surface area contributed by atoms with Gasteiger partial charge in [0.1, 0.15) is 0 Å². The van der Waals surface area contributed by atoms with Gasteiger partial charge in [0.25, 0.3) is 0 Å². The summed E-state index contributed by atoms with van der Waals surface area (Å²) in [4.78, 5) is 13.5. The van der Waals surface area contributed by atoms with Crippen molar-refractivity contribution in [1.29, 1.82) is 0 Å². The number of benzene rings is 1. The third-order valence-corrected chi connectivity index (χ3v) is 3.82. The van der Waals surface area contributed by atoms with Gasteiger partial charge in [-0.2, -0.15) is 0 Å². The van der Waals surface area contributed by atoms with E-state index in [2.05, 4.69) is 17.3 Å². The predicted molar refractivity (Wildman–Crippen MR) is 78.6 cm³/mol. The van der Waals surface area contributed by atoms with Gasteiger partial charge in [-0.1, -0.05) is 6.42 Å². The summed E-state index contributed by atoms with van der Waals surface area (Å²) in [6.07, 6.45) is 3.83. The summed E-state index contributed by atoms with van der Waals surface area (Å²) in [5.41, 5.74) is 8.00. The van der Waals surface area contributed by atoms with Gasteiger partial charge in [0, 0.05) is 30.9 Å². The molecule has 0 saturated carbocycles. The number of nitrogens with two attached hydrogens (primary N) is 1. The first-order valence-corrected chi connectivity index (χ1v) is 6.93. The minimum absolute atomic E-state index is 0.361. The standard InChI is InChI=1S/C15H23N3O/c1-11-9-13(6-7-14(11)15(16)19)18(2)10-12-5-3-4-8-17-12/h6-7,9,12,17H,3-5,8,10H2,1-2H3,(H2,16,19). The van der Waals surface area contributed by atoms with Gasteiger partial charge < -0.3 is 16.0 Å². The van der Waals surface area contributed by atoms with Crippen LogP contribution in [0.4, 0.5) is 5.69 Å². The van der Waals surface area contributed by atoms with Gasteiger partial charge >= 0.3 is 0 Å². The minimum atomic E-state index is -0.361. The predicted octanol–water partition coefficient (Wildman–Crippen LogP) is 1.67. The molecule has 0 bridgehead atoms. The Morgan fingerprint density at radius 2 is 2.26 bits per heavy atom. The third-order valence-electron chi connectivity index (χ3n) is 3.82. The summed E-state index contributed by atoms with van der Waals surface area (Å²) in [5, 5.41) is 3.55. The zero-order valence-electron chi connectivity index (χ0n) is 11.8. The molecule has 104 valence electrons. The molecule has 1 aromatic carbocycles. The summed E-state index contributed by atoms with van der Waals surface area (Å²) in [6.45, 7) is 4.05. The highest BCUT2D eigenvalue weighted by Crippen LogP contribution is 2.19. The molecule has 1 aliphatic heterocycles. The van der Waals surface area contributed by atoms with Crippen LogP contribution in [-0.4, -0.2) is 32.1 Å². The Bertz CT molecular complexity index is 453. The van der Waals surface area contributed by atoms with Crippen LogP contribution >= 0.6 is 0 Å². The number of carbonyl (C=O) groups is 1. The van der Waals surface area contributed by atoms with Crippen molar-refractivity contribution >= 4 is 11.6 Å². The topological polar surface area (TPSA) is 58.4 Å². The second-order valence-electron chi connectivity index (χ2n) is 5.39. The smallest absolute Gasteiger partial charge is 0.248 e. The number of nitrogens with one attached hydrogen (secondary N) is 1. The molecule has 1 saturated heterocycles. The number of amides is 1. The van der Waals surface area contributed by atoms with Crippen molar-refractivity contribution in [2.75, 3.05) is 25.0 Å². The second kappa shape index (κ2) is 6.06. The number of carbonyl (C=O) groups excluding carboxylic acids is 1. The van der Waals surface area contributed by atoms with Crippen LogP contribution in [0.2, 0.25) is 0 Å². The summed E-state index contributed by atoms with van der Waals surface area (Å²) in [7, 11) is 2.09. The maximum absolute atomic E-state index is 11.2. The Balaban J connectivity index is 2.04. The van der Waals surface area contributed by atoms with Crippen molar-refractivity contribution in [2.24, 2.45) is 5.73 Å². The first-order valence-electron chi connectivity index (χ1n) is 6.93. The van der Waals surface area contributed by atoms with E-state index in [1.165, 1.54) is 19.3 Å². The van der Waals surface area contributed by atoms with Crippen molar-refractivity contribution in [3.63, 3.8) is 0 Å². The molecule has 1 unspecified atom stereocenters. The van der Waals surface area contributed by atoms with Crippen molar-refractivity contribution in [1.82, 2.24) is 5.32 Å². The fraction of sp³-hybridized carbons (Fsp3) is 0.533. The summed E-state index contributed by atoms with van der Waals surface area (Å²) >= 11 is 0. The Morgan fingerprint density at radius 1 is 1.47 bits per heavy atom. The molecular weight excluding hydrogens is 238 g/mol. The van der Waals surface area contributed by atoms with Crippen molar-refractivity contribution in [2.45, 2.75) is 32.2 Å². The van der Waals surface area contributed by atoms with E-state index in [-0.39, 0.29) is 5.91 Å². The zero-order chi connectivity index (χ0) is 13.8. The molecule has 4 heteroatoms. The number of anilines is 1. The molecule has 3 N–H and O–H groups in total. The lowest BCUT2D eigenvalue weighted by Crippen LogP contribution is -2.42. The van der Waals surface area contributed by atoms with Gasteiger partial charge in [0.2, 0.25) is 5.91 Å². The fourth-order valence-electron chi connectivity index (χ4n) is 2.68. The van der Waals surface area contributed by atoms with Crippen LogP contribution in [0.3, 0.4) is 0 Å². The number of piperidine rings is 1. The third kappa shape index (κ3) is 3.47. The van der Waals surface area contributed by atoms with E-state index in [1.54, 1.807) is 0 Å². The minimum Gasteiger partial charge on any atom is -0.373 e. The van der Waals surface area contributed by atoms with E-state index in [0.717, 1.165) is 24.3 Å². The molecule has 1 aromatic rings. The number of hydrogen-bond donors (Lipinski definition) is 2. The molecule has 19 heavy (non-hydrogen) atoms. The van der Waals surface area contributed by atoms with Gasteiger partial charge in [-0.25, -0.2) is 0 Å². The van der Waals surface area contributed by atoms with Crippen LogP contribution in [-0.2, 0) is 0 Å². The Hall–Kier alpha value is -1.55. The van der Waals surface area contributed by atoms with Gasteiger partial charge in [0.15, 0.2) is 0 Å². The molecule has 0 aliphatic carbocycles. The first kappa shape index (κ1) is 13.9. The van der Waals surface area contributed by atoms with Gasteiger partial charge in [-0.05, 0) is 50.1 Å². The van der Waals surface area contributed by atoms with Gasteiger partial charge in [-0.15, -0.1) is 0 Å². The lowest BCUT2D eigenvalue weighted by Gasteiger charge is -2.29. The largest absolute Gasteiger partial charge is 0.373 e. The Kier molecular flexibility index (Phi) is 4.43. The van der Waals surface area contributed by atoms with E-state index in [4.69, 9.17) is 5.73 Å². The number of hydrogen-bond acceptors (Lipinski definition) is 3. The highest BCUT2D eigenvalue weighted by Gasteiger charge is 2.15. The highest BCUT2D eigenvalue weighted by molar-refractivity contribution is 5.94. The van der Waals surface area contributed by atoms with E-state index < -0.39 is 0 Å². The van der Waals surface area contributed by atoms with E-state index >= 15 is 0 Å². The monoisotopic (exact) mass is 261 g/mol. The SMILES string of the molecule is Cc1cc(N(C)CC2CCCCN2)ccc1C(N)=O. The summed E-state index contributed by atoms with van der Waals surface area (Å²) in [5.74, 6) is -0.361. The molecule has 0 aromatic heterocycles. The van der Waals surface area contributed by atoms with Crippen molar-refractivity contribution in [3.05, 3.63) is 29.3 Å². The molecular formula is C15H23N3O. The molecule has 1 aliphatic rings. The number of rotatable bonds is 4. The van der Waals surface area contributed by atoms with E-state index in [1.807, 2.05) is 25.1 Å². The molecule has 1 atom stereocenters.